The van der Waals surface area contributed by atoms with E-state index >= 15 is 0 Å². The zero-order valence-electron chi connectivity index (χ0n) is 17.6. The molecule has 8 nitrogen and oxygen atoms in total. The van der Waals surface area contributed by atoms with Crippen molar-refractivity contribution in [3.8, 4) is 17.3 Å². The summed E-state index contributed by atoms with van der Waals surface area (Å²) in [5.41, 5.74) is 4.31. The van der Waals surface area contributed by atoms with Crippen LogP contribution in [0.5, 0.6) is 0 Å². The van der Waals surface area contributed by atoms with E-state index in [1.165, 1.54) is 5.56 Å². The van der Waals surface area contributed by atoms with E-state index in [2.05, 4.69) is 46.1 Å². The summed E-state index contributed by atoms with van der Waals surface area (Å²) >= 11 is 0. The fourth-order valence-corrected chi connectivity index (χ4v) is 3.92. The van der Waals surface area contributed by atoms with Gasteiger partial charge in [0.2, 0.25) is 5.95 Å². The first-order valence-electron chi connectivity index (χ1n) is 10.5. The molecule has 1 aliphatic rings. The van der Waals surface area contributed by atoms with Crippen molar-refractivity contribution in [2.24, 2.45) is 0 Å². The van der Waals surface area contributed by atoms with Crippen LogP contribution in [0.1, 0.15) is 21.5 Å². The van der Waals surface area contributed by atoms with Gasteiger partial charge in [-0.1, -0.05) is 23.8 Å². The Balaban J connectivity index is 1.33. The second-order valence-electron chi connectivity index (χ2n) is 7.79. The maximum Gasteiger partial charge on any atom is 0.254 e. The molecular formula is C24H21N7O. The molecule has 32 heavy (non-hydrogen) atoms. The van der Waals surface area contributed by atoms with Gasteiger partial charge in [-0.05, 0) is 43.3 Å². The second kappa shape index (κ2) is 8.12. The van der Waals surface area contributed by atoms with Gasteiger partial charge in [-0.2, -0.15) is 14.8 Å². The van der Waals surface area contributed by atoms with Gasteiger partial charge in [-0.15, -0.1) is 5.10 Å². The molecule has 0 aliphatic carbocycles. The molecule has 0 saturated carbocycles. The number of anilines is 1. The molecule has 0 bridgehead atoms. The quantitative estimate of drug-likeness (QED) is 0.503. The van der Waals surface area contributed by atoms with Gasteiger partial charge in [0, 0.05) is 43.5 Å². The highest BCUT2D eigenvalue weighted by molar-refractivity contribution is 5.94. The number of nitrogens with zero attached hydrogens (tertiary/aromatic N) is 7. The highest BCUT2D eigenvalue weighted by Crippen LogP contribution is 2.22. The standard InChI is InChI=1S/C24H21N7O/c1-17-3-2-4-20(15-17)21-9-10-26-23-27-24(28-31(21)23)30-13-11-29(12-14-30)22(32)19-7-5-18(16-25)6-8-19/h2-10,15H,11-14H2,1H3. The van der Waals surface area contributed by atoms with Crippen LogP contribution < -0.4 is 4.90 Å². The maximum atomic E-state index is 12.8. The lowest BCUT2D eigenvalue weighted by Gasteiger charge is -2.34. The molecule has 4 aromatic rings. The topological polar surface area (TPSA) is 90.4 Å². The summed E-state index contributed by atoms with van der Waals surface area (Å²) in [5.74, 6) is 1.14. The number of carbonyl (C=O) groups is 1. The largest absolute Gasteiger partial charge is 0.336 e. The van der Waals surface area contributed by atoms with Crippen LogP contribution in [0.25, 0.3) is 17.0 Å². The van der Waals surface area contributed by atoms with Gasteiger partial charge in [0.1, 0.15) is 0 Å². The first kappa shape index (κ1) is 19.7. The minimum atomic E-state index is -0.0273. The monoisotopic (exact) mass is 423 g/mol. The molecule has 0 N–H and O–H groups in total. The highest BCUT2D eigenvalue weighted by Gasteiger charge is 2.25. The number of amides is 1. The highest BCUT2D eigenvalue weighted by atomic mass is 16.2. The third-order valence-electron chi connectivity index (χ3n) is 5.65. The molecule has 2 aromatic carbocycles. The van der Waals surface area contributed by atoms with Crippen LogP contribution >= 0.6 is 0 Å². The Morgan fingerprint density at radius 1 is 1.03 bits per heavy atom. The summed E-state index contributed by atoms with van der Waals surface area (Å²) in [6.45, 7) is 4.49. The van der Waals surface area contributed by atoms with E-state index in [0.717, 1.165) is 11.3 Å². The molecule has 8 heteroatoms. The third-order valence-corrected chi connectivity index (χ3v) is 5.65. The first-order valence-corrected chi connectivity index (χ1v) is 10.5. The average molecular weight is 423 g/mol. The van der Waals surface area contributed by atoms with E-state index in [0.29, 0.717) is 49.0 Å². The minimum Gasteiger partial charge on any atom is -0.336 e. The van der Waals surface area contributed by atoms with Crippen LogP contribution in [0.4, 0.5) is 5.95 Å². The summed E-state index contributed by atoms with van der Waals surface area (Å²) in [7, 11) is 0. The Hall–Kier alpha value is -4.25. The van der Waals surface area contributed by atoms with Crippen molar-refractivity contribution in [1.82, 2.24) is 24.5 Å². The first-order chi connectivity index (χ1) is 15.6. The van der Waals surface area contributed by atoms with Crippen molar-refractivity contribution < 1.29 is 4.79 Å². The molecule has 158 valence electrons. The Morgan fingerprint density at radius 3 is 2.53 bits per heavy atom. The maximum absolute atomic E-state index is 12.8. The van der Waals surface area contributed by atoms with E-state index in [1.807, 2.05) is 17.0 Å². The molecule has 0 spiro atoms. The number of hydrogen-bond acceptors (Lipinski definition) is 6. The summed E-state index contributed by atoms with van der Waals surface area (Å²) < 4.78 is 1.78. The SMILES string of the molecule is Cc1cccc(-c2ccnc3nc(N4CCN(C(=O)c5ccc(C#N)cc5)CC4)nn23)c1. The molecule has 3 heterocycles. The summed E-state index contributed by atoms with van der Waals surface area (Å²) in [4.78, 5) is 25.7. The van der Waals surface area contributed by atoms with Gasteiger partial charge in [-0.25, -0.2) is 4.98 Å². The molecular weight excluding hydrogens is 402 g/mol. The molecule has 0 radical (unpaired) electrons. The number of hydrogen-bond donors (Lipinski definition) is 0. The van der Waals surface area contributed by atoms with Crippen LogP contribution in [0.3, 0.4) is 0 Å². The van der Waals surface area contributed by atoms with Crippen LogP contribution in [0, 0.1) is 18.3 Å². The number of benzene rings is 2. The fourth-order valence-electron chi connectivity index (χ4n) is 3.92. The van der Waals surface area contributed by atoms with Crippen LogP contribution in [0.15, 0.2) is 60.8 Å². The second-order valence-corrected chi connectivity index (χ2v) is 7.79. The number of rotatable bonds is 3. The summed E-state index contributed by atoms with van der Waals surface area (Å²) in [5, 5.41) is 13.7. The molecule has 0 atom stereocenters. The summed E-state index contributed by atoms with van der Waals surface area (Å²) in [6.07, 6.45) is 1.75. The van der Waals surface area contributed by atoms with Crippen molar-refractivity contribution in [3.05, 3.63) is 77.5 Å². The number of carbonyl (C=O) groups excluding carboxylic acids is 1. The van der Waals surface area contributed by atoms with Gasteiger partial charge in [0.25, 0.3) is 11.7 Å². The van der Waals surface area contributed by atoms with Crippen LogP contribution in [-0.4, -0.2) is 56.6 Å². The Kier molecular flexibility index (Phi) is 5.00. The van der Waals surface area contributed by atoms with Gasteiger partial charge in [0.05, 0.1) is 17.3 Å². The number of aryl methyl sites for hydroxylation is 1. The predicted octanol–water partition coefficient (Wildman–Crippen LogP) is 2.93. The lowest BCUT2D eigenvalue weighted by Crippen LogP contribution is -2.49. The molecule has 1 fully saturated rings. The Labute approximate surface area is 185 Å². The van der Waals surface area contributed by atoms with Crippen molar-refractivity contribution in [1.29, 1.82) is 5.26 Å². The number of nitriles is 1. The third kappa shape index (κ3) is 3.65. The van der Waals surface area contributed by atoms with Gasteiger partial charge < -0.3 is 9.80 Å². The Bertz CT molecular complexity index is 1330. The van der Waals surface area contributed by atoms with E-state index in [4.69, 9.17) is 10.4 Å². The van der Waals surface area contributed by atoms with Crippen LogP contribution in [0.2, 0.25) is 0 Å². The van der Waals surface area contributed by atoms with Gasteiger partial charge in [0.15, 0.2) is 0 Å². The normalized spacial score (nSPS) is 13.9. The molecule has 5 rings (SSSR count). The van der Waals surface area contributed by atoms with Gasteiger partial charge >= 0.3 is 0 Å². The van der Waals surface area contributed by atoms with Crippen molar-refractivity contribution in [3.63, 3.8) is 0 Å². The molecule has 1 amide bonds. The fraction of sp³-hybridized carbons (Fsp3) is 0.208. The van der Waals surface area contributed by atoms with Crippen molar-refractivity contribution in [2.45, 2.75) is 6.92 Å². The zero-order valence-corrected chi connectivity index (χ0v) is 17.6. The predicted molar refractivity (Wildman–Crippen MR) is 120 cm³/mol. The minimum absolute atomic E-state index is 0.0273. The molecule has 1 aliphatic heterocycles. The lowest BCUT2D eigenvalue weighted by atomic mass is 10.1. The lowest BCUT2D eigenvalue weighted by molar-refractivity contribution is 0.0746. The van der Waals surface area contributed by atoms with Crippen LogP contribution in [-0.2, 0) is 0 Å². The molecule has 0 unspecified atom stereocenters. The van der Waals surface area contributed by atoms with E-state index < -0.39 is 0 Å². The summed E-state index contributed by atoms with van der Waals surface area (Å²) in [6, 6.07) is 19.0. The van der Waals surface area contributed by atoms with Gasteiger partial charge in [-0.3, -0.25) is 4.79 Å². The number of fused-ring (bicyclic) bond motifs is 1. The Morgan fingerprint density at radius 2 is 1.81 bits per heavy atom. The number of piperazine rings is 1. The smallest absolute Gasteiger partial charge is 0.254 e. The molecule has 1 saturated heterocycles. The van der Waals surface area contributed by atoms with E-state index in [9.17, 15) is 4.79 Å². The average Bonchev–Trinajstić information content (AvgIpc) is 3.28. The zero-order chi connectivity index (χ0) is 22.1. The van der Waals surface area contributed by atoms with Crippen molar-refractivity contribution >= 4 is 17.6 Å². The van der Waals surface area contributed by atoms with Crippen molar-refractivity contribution in [2.75, 3.05) is 31.1 Å². The molecule has 2 aromatic heterocycles. The number of aromatic nitrogens is 4. The van der Waals surface area contributed by atoms with E-state index in [-0.39, 0.29) is 5.91 Å². The van der Waals surface area contributed by atoms with E-state index in [1.54, 1.807) is 35.0 Å².